The van der Waals surface area contributed by atoms with Crippen molar-refractivity contribution < 1.29 is 0 Å². The molecule has 0 saturated heterocycles. The summed E-state index contributed by atoms with van der Waals surface area (Å²) < 4.78 is 0. The maximum Gasteiger partial charge on any atom is 0.0457 e. The number of nitrogens with one attached hydrogen (secondary N) is 2. The third-order valence-corrected chi connectivity index (χ3v) is 5.46. The molecule has 0 unspecified atom stereocenters. The third-order valence-electron chi connectivity index (χ3n) is 5.46. The van der Waals surface area contributed by atoms with Crippen molar-refractivity contribution in [2.75, 3.05) is 0 Å². The Labute approximate surface area is 167 Å². The minimum atomic E-state index is 0.221. The fourth-order valence-corrected chi connectivity index (χ4v) is 4.01. The van der Waals surface area contributed by atoms with Gasteiger partial charge >= 0.3 is 0 Å². The minimum Gasteiger partial charge on any atom is -0.361 e. The van der Waals surface area contributed by atoms with Crippen LogP contribution in [0.3, 0.4) is 0 Å². The van der Waals surface area contributed by atoms with Gasteiger partial charge in [-0.25, -0.2) is 0 Å². The maximum atomic E-state index is 3.46. The summed E-state index contributed by atoms with van der Waals surface area (Å²) in [5.41, 5.74) is 7.87. The van der Waals surface area contributed by atoms with E-state index in [1.807, 2.05) is 0 Å². The summed E-state index contributed by atoms with van der Waals surface area (Å²) in [5.74, 6) is 0.221. The van der Waals surface area contributed by atoms with Crippen molar-refractivity contribution in [1.29, 1.82) is 0 Å². The molecule has 0 amide bonds. The van der Waals surface area contributed by atoms with Gasteiger partial charge in [-0.1, -0.05) is 59.7 Å². The Morgan fingerprint density at radius 2 is 1.36 bits per heavy atom. The van der Waals surface area contributed by atoms with Gasteiger partial charge in [-0.2, -0.15) is 0 Å². The van der Waals surface area contributed by atoms with Crippen molar-refractivity contribution in [2.45, 2.75) is 39.5 Å². The first kappa shape index (κ1) is 18.4. The van der Waals surface area contributed by atoms with Crippen LogP contribution in [0.1, 0.15) is 50.7 Å². The lowest BCUT2D eigenvalue weighted by molar-refractivity contribution is 0.932. The van der Waals surface area contributed by atoms with Crippen molar-refractivity contribution in [3.8, 4) is 0 Å². The summed E-state index contributed by atoms with van der Waals surface area (Å²) in [6.45, 7) is 6.59. The predicted molar refractivity (Wildman–Crippen MR) is 121 cm³/mol. The van der Waals surface area contributed by atoms with E-state index in [1.165, 1.54) is 44.1 Å². The highest BCUT2D eigenvalue weighted by atomic mass is 14.7. The molecule has 0 aliphatic rings. The molecule has 0 aliphatic heterocycles. The summed E-state index contributed by atoms with van der Waals surface area (Å²) in [6, 6.07) is 17.2. The molecule has 0 atom stereocenters. The molecule has 0 aliphatic carbocycles. The molecule has 4 aromatic rings. The molecule has 0 spiro atoms. The molecule has 2 nitrogen and oxygen atoms in total. The van der Waals surface area contributed by atoms with Gasteiger partial charge in [-0.05, 0) is 56.9 Å². The van der Waals surface area contributed by atoms with Crippen LogP contribution in [-0.2, 0) is 0 Å². The first-order valence-corrected chi connectivity index (χ1v) is 10.1. The van der Waals surface area contributed by atoms with E-state index in [4.69, 9.17) is 0 Å². The van der Waals surface area contributed by atoms with Gasteiger partial charge in [0.2, 0.25) is 0 Å². The lowest BCUT2D eigenvalue weighted by Crippen LogP contribution is -1.98. The zero-order chi connectivity index (χ0) is 19.5. The third kappa shape index (κ3) is 3.68. The number of para-hydroxylation sites is 2. The quantitative estimate of drug-likeness (QED) is 0.331. The largest absolute Gasteiger partial charge is 0.361 e. The average molecular weight is 369 g/mol. The van der Waals surface area contributed by atoms with Gasteiger partial charge in [0.1, 0.15) is 0 Å². The van der Waals surface area contributed by atoms with Crippen LogP contribution in [0.15, 0.2) is 84.2 Å². The number of aromatic amines is 2. The zero-order valence-corrected chi connectivity index (χ0v) is 16.9. The zero-order valence-electron chi connectivity index (χ0n) is 16.9. The molecule has 4 rings (SSSR count). The van der Waals surface area contributed by atoms with Gasteiger partial charge in [0.05, 0.1) is 0 Å². The minimum absolute atomic E-state index is 0.221. The first-order valence-electron chi connectivity index (χ1n) is 10.1. The number of hydrogen-bond donors (Lipinski definition) is 2. The highest BCUT2D eigenvalue weighted by Gasteiger charge is 2.19. The van der Waals surface area contributed by atoms with Crippen LogP contribution in [0, 0.1) is 0 Å². The number of rotatable bonds is 6. The summed E-state index contributed by atoms with van der Waals surface area (Å²) in [4.78, 5) is 6.92. The monoisotopic (exact) mass is 368 g/mol. The fourth-order valence-electron chi connectivity index (χ4n) is 4.01. The number of aromatic nitrogens is 2. The molecule has 0 fully saturated rings. The van der Waals surface area contributed by atoms with Crippen LogP contribution in [0.5, 0.6) is 0 Å². The van der Waals surface area contributed by atoms with Crippen molar-refractivity contribution in [3.05, 3.63) is 95.3 Å². The Kier molecular flexibility index (Phi) is 5.21. The SMILES string of the molecule is CC(C)=CCCC(C)=CC(c1c[nH]c2ccccc12)c1c[nH]c2ccccc12. The molecule has 2 heteroatoms. The van der Waals surface area contributed by atoms with Crippen LogP contribution in [0.2, 0.25) is 0 Å². The molecular formula is C26H28N2. The molecular weight excluding hydrogens is 340 g/mol. The van der Waals surface area contributed by atoms with Gasteiger partial charge in [0.15, 0.2) is 0 Å². The number of fused-ring (bicyclic) bond motifs is 2. The number of benzene rings is 2. The maximum absolute atomic E-state index is 3.46. The Morgan fingerprint density at radius 1 is 0.821 bits per heavy atom. The normalized spacial score (nSPS) is 12.2. The summed E-state index contributed by atoms with van der Waals surface area (Å²) in [6.07, 6.45) is 11.3. The second-order valence-corrected chi connectivity index (χ2v) is 7.89. The van der Waals surface area contributed by atoms with Gasteiger partial charge in [0.25, 0.3) is 0 Å². The topological polar surface area (TPSA) is 31.6 Å². The molecule has 28 heavy (non-hydrogen) atoms. The smallest absolute Gasteiger partial charge is 0.0457 e. The van der Waals surface area contributed by atoms with Crippen LogP contribution in [-0.4, -0.2) is 9.97 Å². The first-order chi connectivity index (χ1) is 13.6. The predicted octanol–water partition coefficient (Wildman–Crippen LogP) is 7.47. The van der Waals surface area contributed by atoms with Crippen molar-refractivity contribution >= 4 is 21.8 Å². The Bertz CT molecular complexity index is 1080. The van der Waals surface area contributed by atoms with E-state index in [-0.39, 0.29) is 5.92 Å². The van der Waals surface area contributed by atoms with E-state index in [1.54, 1.807) is 0 Å². The van der Waals surface area contributed by atoms with Crippen LogP contribution in [0.4, 0.5) is 0 Å². The molecule has 2 heterocycles. The lowest BCUT2D eigenvalue weighted by atomic mass is 9.88. The van der Waals surface area contributed by atoms with Gasteiger partial charge in [-0.3, -0.25) is 0 Å². The second kappa shape index (κ2) is 7.93. The molecule has 142 valence electrons. The lowest BCUT2D eigenvalue weighted by Gasteiger charge is -2.14. The van der Waals surface area contributed by atoms with E-state index in [0.29, 0.717) is 0 Å². The summed E-state index contributed by atoms with van der Waals surface area (Å²) in [7, 11) is 0. The molecule has 0 saturated carbocycles. The van der Waals surface area contributed by atoms with Crippen LogP contribution in [0.25, 0.3) is 21.8 Å². The fraction of sp³-hybridized carbons (Fsp3) is 0.231. The molecule has 2 N–H and O–H groups in total. The van der Waals surface area contributed by atoms with Gasteiger partial charge < -0.3 is 9.97 Å². The second-order valence-electron chi connectivity index (χ2n) is 7.89. The number of hydrogen-bond acceptors (Lipinski definition) is 0. The molecule has 0 radical (unpaired) electrons. The molecule has 0 bridgehead atoms. The van der Waals surface area contributed by atoms with Crippen molar-refractivity contribution in [3.63, 3.8) is 0 Å². The van der Waals surface area contributed by atoms with E-state index >= 15 is 0 Å². The van der Waals surface area contributed by atoms with Crippen LogP contribution < -0.4 is 0 Å². The number of H-pyrrole nitrogens is 2. The molecule has 2 aromatic heterocycles. The highest BCUT2D eigenvalue weighted by molar-refractivity contribution is 5.88. The van der Waals surface area contributed by atoms with E-state index in [2.05, 4.69) is 104 Å². The van der Waals surface area contributed by atoms with Crippen molar-refractivity contribution in [1.82, 2.24) is 9.97 Å². The summed E-state index contributed by atoms with van der Waals surface area (Å²) in [5, 5.41) is 2.59. The Balaban J connectivity index is 1.80. The van der Waals surface area contributed by atoms with Crippen LogP contribution >= 0.6 is 0 Å². The van der Waals surface area contributed by atoms with E-state index in [9.17, 15) is 0 Å². The summed E-state index contributed by atoms with van der Waals surface area (Å²) >= 11 is 0. The standard InChI is InChI=1S/C26H28N2/c1-18(2)9-8-10-19(3)15-22(23-16-27-25-13-6-4-11-20(23)25)24-17-28-26-14-7-5-12-21(24)26/h4-7,9,11-17,22,27-28H,8,10H2,1-3H3. The molecule has 2 aromatic carbocycles. The van der Waals surface area contributed by atoms with Gasteiger partial charge in [-0.15, -0.1) is 0 Å². The number of allylic oxidation sites excluding steroid dienone is 4. The van der Waals surface area contributed by atoms with E-state index < -0.39 is 0 Å². The Hall–Kier alpha value is -3.00. The van der Waals surface area contributed by atoms with Crippen molar-refractivity contribution in [2.24, 2.45) is 0 Å². The highest BCUT2D eigenvalue weighted by Crippen LogP contribution is 2.36. The van der Waals surface area contributed by atoms with Gasteiger partial charge in [0, 0.05) is 40.1 Å². The van der Waals surface area contributed by atoms with E-state index in [0.717, 1.165) is 12.8 Å². The average Bonchev–Trinajstić information content (AvgIpc) is 3.30. The Morgan fingerprint density at radius 3 is 1.89 bits per heavy atom.